The summed E-state index contributed by atoms with van der Waals surface area (Å²) in [6.07, 6.45) is 1.16. The van der Waals surface area contributed by atoms with Gasteiger partial charge in [0.25, 0.3) is 0 Å². The molecule has 0 aromatic carbocycles. The largest absolute Gasteiger partial charge is 0.306 e. The van der Waals surface area contributed by atoms with E-state index in [1.54, 1.807) is 0 Å². The molecule has 4 heteroatoms. The molecular weight excluding hydrogens is 397 g/mol. The van der Waals surface area contributed by atoms with Gasteiger partial charge in [-0.2, -0.15) is 0 Å². The van der Waals surface area contributed by atoms with E-state index in [1.165, 1.54) is 18.2 Å². The number of hydrogen-bond donors (Lipinski definition) is 1. The van der Waals surface area contributed by atoms with Crippen molar-refractivity contribution in [3.63, 3.8) is 0 Å². The Balaban J connectivity index is 2.29. The monoisotopic (exact) mass is 419 g/mol. The van der Waals surface area contributed by atoms with E-state index >= 15 is 0 Å². The van der Waals surface area contributed by atoms with Crippen molar-refractivity contribution >= 4 is 45.3 Å². The summed E-state index contributed by atoms with van der Waals surface area (Å²) >= 11 is 6.17. The number of thiophene rings is 2. The first-order valence-electron chi connectivity index (χ1n) is 6.99. The van der Waals surface area contributed by atoms with Crippen LogP contribution >= 0.6 is 45.3 Å². The fourth-order valence-electron chi connectivity index (χ4n) is 2.06. The Morgan fingerprint density at radius 2 is 2.05 bits per heavy atom. The van der Waals surface area contributed by atoms with Crippen LogP contribution in [0.1, 0.15) is 55.5 Å². The number of nitrogens with one attached hydrogen (secondary N) is 1. The highest BCUT2D eigenvalue weighted by Gasteiger charge is 2.21. The van der Waals surface area contributed by atoms with E-state index in [-0.39, 0.29) is 5.41 Å². The third-order valence-corrected chi connectivity index (χ3v) is 6.55. The van der Waals surface area contributed by atoms with Crippen LogP contribution in [-0.2, 0) is 5.41 Å². The van der Waals surface area contributed by atoms with Crippen LogP contribution in [0.25, 0.3) is 0 Å². The first kappa shape index (κ1) is 16.5. The van der Waals surface area contributed by atoms with Gasteiger partial charge in [0, 0.05) is 9.75 Å². The SMILES string of the molecule is CCCNC(c1csc(I)c1)c1ccc(C(C)(C)C)s1. The second-order valence-electron chi connectivity index (χ2n) is 6.02. The molecule has 1 atom stereocenters. The van der Waals surface area contributed by atoms with Gasteiger partial charge in [-0.3, -0.25) is 0 Å². The highest BCUT2D eigenvalue weighted by Crippen LogP contribution is 2.36. The molecule has 0 aliphatic rings. The minimum atomic E-state index is 0.237. The summed E-state index contributed by atoms with van der Waals surface area (Å²) in [6, 6.07) is 7.23. The summed E-state index contributed by atoms with van der Waals surface area (Å²) in [5.74, 6) is 0. The quantitative estimate of drug-likeness (QED) is 0.604. The Hall–Kier alpha value is 0.0900. The van der Waals surface area contributed by atoms with E-state index in [0.29, 0.717) is 6.04 Å². The van der Waals surface area contributed by atoms with E-state index in [9.17, 15) is 0 Å². The van der Waals surface area contributed by atoms with Crippen molar-refractivity contribution in [2.75, 3.05) is 6.54 Å². The predicted molar refractivity (Wildman–Crippen MR) is 100 cm³/mol. The molecule has 1 N–H and O–H groups in total. The lowest BCUT2D eigenvalue weighted by Gasteiger charge is -2.18. The lowest BCUT2D eigenvalue weighted by molar-refractivity contribution is 0.603. The van der Waals surface area contributed by atoms with Gasteiger partial charge < -0.3 is 5.32 Å². The van der Waals surface area contributed by atoms with Crippen molar-refractivity contribution in [3.8, 4) is 0 Å². The Kier molecular flexibility index (Phi) is 5.68. The van der Waals surface area contributed by atoms with Crippen molar-refractivity contribution in [1.29, 1.82) is 0 Å². The minimum Gasteiger partial charge on any atom is -0.306 e. The van der Waals surface area contributed by atoms with Gasteiger partial charge in [-0.05, 0) is 70.1 Å². The molecule has 20 heavy (non-hydrogen) atoms. The summed E-state index contributed by atoms with van der Waals surface area (Å²) in [5, 5.41) is 5.98. The number of halogens is 1. The molecule has 0 aliphatic heterocycles. The lowest BCUT2D eigenvalue weighted by Crippen LogP contribution is -2.21. The molecule has 0 aliphatic carbocycles. The Morgan fingerprint density at radius 3 is 2.55 bits per heavy atom. The van der Waals surface area contributed by atoms with Crippen molar-refractivity contribution in [2.24, 2.45) is 0 Å². The van der Waals surface area contributed by atoms with E-state index in [4.69, 9.17) is 0 Å². The number of hydrogen-bond acceptors (Lipinski definition) is 3. The topological polar surface area (TPSA) is 12.0 Å². The molecule has 1 nitrogen and oxygen atoms in total. The van der Waals surface area contributed by atoms with Gasteiger partial charge in [-0.1, -0.05) is 27.7 Å². The second-order valence-corrected chi connectivity index (χ2v) is 9.94. The van der Waals surface area contributed by atoms with Crippen LogP contribution in [0.2, 0.25) is 0 Å². The van der Waals surface area contributed by atoms with Gasteiger partial charge in [-0.25, -0.2) is 0 Å². The summed E-state index contributed by atoms with van der Waals surface area (Å²) in [7, 11) is 0. The molecule has 110 valence electrons. The van der Waals surface area contributed by atoms with Gasteiger partial charge in [0.15, 0.2) is 0 Å². The maximum atomic E-state index is 3.69. The first-order chi connectivity index (χ1) is 9.41. The summed E-state index contributed by atoms with van der Waals surface area (Å²) < 4.78 is 1.36. The van der Waals surface area contributed by atoms with Crippen LogP contribution in [0.5, 0.6) is 0 Å². The standard InChI is InChI=1S/C16H22INS2/c1-5-8-18-15(11-9-14(17)19-10-11)12-6-7-13(20-12)16(2,3)4/h6-7,9-10,15,18H,5,8H2,1-4H3. The molecule has 2 aromatic rings. The van der Waals surface area contributed by atoms with Gasteiger partial charge in [-0.15, -0.1) is 22.7 Å². The predicted octanol–water partition coefficient (Wildman–Crippen LogP) is 5.80. The zero-order chi connectivity index (χ0) is 14.8. The van der Waals surface area contributed by atoms with Crippen molar-refractivity contribution < 1.29 is 0 Å². The van der Waals surface area contributed by atoms with E-state index < -0.39 is 0 Å². The van der Waals surface area contributed by atoms with Crippen molar-refractivity contribution in [2.45, 2.75) is 45.6 Å². The second kappa shape index (κ2) is 6.90. The maximum Gasteiger partial charge on any atom is 0.0679 e. The third-order valence-electron chi connectivity index (χ3n) is 3.17. The fraction of sp³-hybridized carbons (Fsp3) is 0.500. The van der Waals surface area contributed by atoms with Crippen LogP contribution < -0.4 is 5.32 Å². The first-order valence-corrected chi connectivity index (χ1v) is 9.77. The molecular formula is C16H22INS2. The smallest absolute Gasteiger partial charge is 0.0679 e. The highest BCUT2D eigenvalue weighted by molar-refractivity contribution is 14.1. The molecule has 0 amide bonds. The number of rotatable bonds is 5. The average molecular weight is 419 g/mol. The summed E-state index contributed by atoms with van der Waals surface area (Å²) in [4.78, 5) is 2.89. The van der Waals surface area contributed by atoms with Crippen LogP contribution in [0.4, 0.5) is 0 Å². The van der Waals surface area contributed by atoms with E-state index in [1.807, 2.05) is 22.7 Å². The van der Waals surface area contributed by atoms with Crippen LogP contribution in [0.3, 0.4) is 0 Å². The molecule has 0 fully saturated rings. The molecule has 0 saturated carbocycles. The molecule has 2 aromatic heterocycles. The lowest BCUT2D eigenvalue weighted by atomic mass is 9.95. The molecule has 0 radical (unpaired) electrons. The van der Waals surface area contributed by atoms with Gasteiger partial charge in [0.1, 0.15) is 0 Å². The molecule has 1 unspecified atom stereocenters. The average Bonchev–Trinajstić information content (AvgIpc) is 2.99. The summed E-state index contributed by atoms with van der Waals surface area (Å²) in [6.45, 7) is 10.1. The normalized spacial score (nSPS) is 13.7. The molecule has 0 bridgehead atoms. The van der Waals surface area contributed by atoms with Crippen LogP contribution in [0, 0.1) is 2.88 Å². The Labute approximate surface area is 144 Å². The third kappa shape index (κ3) is 4.06. The van der Waals surface area contributed by atoms with E-state index in [2.05, 4.69) is 79.2 Å². The van der Waals surface area contributed by atoms with E-state index in [0.717, 1.165) is 13.0 Å². The highest BCUT2D eigenvalue weighted by atomic mass is 127. The van der Waals surface area contributed by atoms with Gasteiger partial charge in [0.05, 0.1) is 8.93 Å². The van der Waals surface area contributed by atoms with Gasteiger partial charge in [0.2, 0.25) is 0 Å². The van der Waals surface area contributed by atoms with Gasteiger partial charge >= 0.3 is 0 Å². The fourth-order valence-corrected chi connectivity index (χ4v) is 4.62. The molecule has 0 spiro atoms. The zero-order valence-electron chi connectivity index (χ0n) is 12.5. The van der Waals surface area contributed by atoms with Crippen LogP contribution in [-0.4, -0.2) is 6.54 Å². The van der Waals surface area contributed by atoms with Crippen molar-refractivity contribution in [3.05, 3.63) is 41.8 Å². The Bertz CT molecular complexity index is 551. The summed E-state index contributed by atoms with van der Waals surface area (Å²) in [5.41, 5.74) is 1.64. The molecule has 2 heterocycles. The molecule has 2 rings (SSSR count). The van der Waals surface area contributed by atoms with Crippen LogP contribution in [0.15, 0.2) is 23.6 Å². The van der Waals surface area contributed by atoms with Crippen molar-refractivity contribution in [1.82, 2.24) is 5.32 Å². The Morgan fingerprint density at radius 1 is 1.30 bits per heavy atom. The molecule has 0 saturated heterocycles. The maximum absolute atomic E-state index is 3.69. The zero-order valence-corrected chi connectivity index (χ0v) is 16.3. The minimum absolute atomic E-state index is 0.237.